The van der Waals surface area contributed by atoms with Gasteiger partial charge in [-0.15, -0.1) is 19.0 Å². The molecule has 0 aromatic heterocycles. The number of halogens is 1. The third-order valence-corrected chi connectivity index (χ3v) is 2.15. The molecule has 0 aliphatic heterocycles. The van der Waals surface area contributed by atoms with E-state index in [1.165, 1.54) is 0 Å². The molecule has 0 fully saturated rings. The van der Waals surface area contributed by atoms with Crippen LogP contribution >= 0.6 is 12.4 Å². The Kier molecular flexibility index (Phi) is 6.29. The van der Waals surface area contributed by atoms with Crippen molar-refractivity contribution in [3.05, 3.63) is 42.5 Å². The molecule has 96 valence electrons. The summed E-state index contributed by atoms with van der Waals surface area (Å²) >= 11 is 0. The van der Waals surface area contributed by atoms with E-state index in [0.717, 1.165) is 17.7 Å². The number of hydrogen-bond donors (Lipinski definition) is 1. The lowest BCUT2D eigenvalue weighted by Crippen LogP contribution is -2.22. The largest absolute Gasteiger partial charge is 0.488 e. The normalized spacial score (nSPS) is 12.5. The minimum absolute atomic E-state index is 0. The first-order chi connectivity index (χ1) is 7.42. The van der Waals surface area contributed by atoms with Gasteiger partial charge in [-0.2, -0.15) is 0 Å². The molecule has 1 atom stereocenters. The molecule has 0 unspecified atom stereocenters. The standard InChI is InChI=1S/C14H21NO.ClH/c1-5-6-13(15)11-7-9-12(10-8-11)16-14(2,3)4;/h5,7-10,13H,1,6,15H2,2-4H3;1H/t13-;/m1./s1. The summed E-state index contributed by atoms with van der Waals surface area (Å²) in [6.45, 7) is 9.78. The summed E-state index contributed by atoms with van der Waals surface area (Å²) in [5.74, 6) is 0.877. The molecule has 0 radical (unpaired) electrons. The van der Waals surface area contributed by atoms with E-state index in [2.05, 4.69) is 6.58 Å². The van der Waals surface area contributed by atoms with E-state index in [-0.39, 0.29) is 24.0 Å². The number of benzene rings is 1. The van der Waals surface area contributed by atoms with Gasteiger partial charge in [-0.25, -0.2) is 0 Å². The predicted molar refractivity (Wildman–Crippen MR) is 75.8 cm³/mol. The third kappa shape index (κ3) is 5.76. The zero-order valence-electron chi connectivity index (χ0n) is 10.8. The summed E-state index contributed by atoms with van der Waals surface area (Å²) in [5.41, 5.74) is 6.92. The molecule has 0 saturated carbocycles. The Bertz CT molecular complexity index is 340. The molecule has 0 bridgehead atoms. The van der Waals surface area contributed by atoms with Gasteiger partial charge >= 0.3 is 0 Å². The van der Waals surface area contributed by atoms with Crippen molar-refractivity contribution < 1.29 is 4.74 Å². The second-order valence-corrected chi connectivity index (χ2v) is 4.91. The van der Waals surface area contributed by atoms with Crippen molar-refractivity contribution in [3.8, 4) is 5.75 Å². The topological polar surface area (TPSA) is 35.2 Å². The molecule has 0 saturated heterocycles. The SMILES string of the molecule is C=CC[C@@H](N)c1ccc(OC(C)(C)C)cc1.Cl. The van der Waals surface area contributed by atoms with Crippen LogP contribution in [0.3, 0.4) is 0 Å². The van der Waals surface area contributed by atoms with Crippen LogP contribution in [0.1, 0.15) is 38.8 Å². The smallest absolute Gasteiger partial charge is 0.120 e. The fourth-order valence-corrected chi connectivity index (χ4v) is 1.45. The van der Waals surface area contributed by atoms with E-state index in [9.17, 15) is 0 Å². The molecule has 17 heavy (non-hydrogen) atoms. The maximum Gasteiger partial charge on any atom is 0.120 e. The van der Waals surface area contributed by atoms with E-state index in [1.54, 1.807) is 0 Å². The van der Waals surface area contributed by atoms with Crippen molar-refractivity contribution in [1.82, 2.24) is 0 Å². The average molecular weight is 256 g/mol. The van der Waals surface area contributed by atoms with Crippen molar-refractivity contribution in [2.75, 3.05) is 0 Å². The fraction of sp³-hybridized carbons (Fsp3) is 0.429. The van der Waals surface area contributed by atoms with Gasteiger partial charge in [0.1, 0.15) is 11.4 Å². The van der Waals surface area contributed by atoms with Gasteiger partial charge in [-0.05, 0) is 44.9 Å². The fourth-order valence-electron chi connectivity index (χ4n) is 1.45. The molecule has 0 aliphatic carbocycles. The van der Waals surface area contributed by atoms with Gasteiger partial charge in [-0.3, -0.25) is 0 Å². The van der Waals surface area contributed by atoms with Crippen LogP contribution in [0.2, 0.25) is 0 Å². The maximum absolute atomic E-state index is 5.97. The molecule has 1 aromatic rings. The van der Waals surface area contributed by atoms with Crippen molar-refractivity contribution in [2.24, 2.45) is 5.73 Å². The van der Waals surface area contributed by atoms with E-state index in [1.807, 2.05) is 51.1 Å². The van der Waals surface area contributed by atoms with Gasteiger partial charge in [0.25, 0.3) is 0 Å². The Morgan fingerprint density at radius 2 is 1.82 bits per heavy atom. The summed E-state index contributed by atoms with van der Waals surface area (Å²) in [6, 6.07) is 7.97. The predicted octanol–water partition coefficient (Wildman–Crippen LogP) is 3.86. The lowest BCUT2D eigenvalue weighted by atomic mass is 10.0. The summed E-state index contributed by atoms with van der Waals surface area (Å²) in [6.07, 6.45) is 2.63. The second kappa shape index (κ2) is 6.67. The van der Waals surface area contributed by atoms with Gasteiger partial charge in [0.15, 0.2) is 0 Å². The van der Waals surface area contributed by atoms with E-state index < -0.39 is 0 Å². The molecule has 0 spiro atoms. The Morgan fingerprint density at radius 1 is 1.29 bits per heavy atom. The molecule has 1 rings (SSSR count). The third-order valence-electron chi connectivity index (χ3n) is 2.15. The highest BCUT2D eigenvalue weighted by Crippen LogP contribution is 2.21. The number of nitrogens with two attached hydrogens (primary N) is 1. The molecule has 1 aromatic carbocycles. The van der Waals surface area contributed by atoms with Crippen LogP contribution in [0.4, 0.5) is 0 Å². The number of rotatable bonds is 4. The van der Waals surface area contributed by atoms with Gasteiger partial charge in [-0.1, -0.05) is 18.2 Å². The highest BCUT2D eigenvalue weighted by atomic mass is 35.5. The zero-order valence-corrected chi connectivity index (χ0v) is 11.6. The van der Waals surface area contributed by atoms with Crippen LogP contribution in [0.5, 0.6) is 5.75 Å². The lowest BCUT2D eigenvalue weighted by Gasteiger charge is -2.21. The first-order valence-electron chi connectivity index (χ1n) is 5.58. The van der Waals surface area contributed by atoms with Gasteiger partial charge in [0.2, 0.25) is 0 Å². The van der Waals surface area contributed by atoms with Crippen LogP contribution < -0.4 is 10.5 Å². The Hall–Kier alpha value is -0.990. The first kappa shape index (κ1) is 16.0. The van der Waals surface area contributed by atoms with Crippen LogP contribution in [0.15, 0.2) is 36.9 Å². The molecule has 0 aliphatic rings. The van der Waals surface area contributed by atoms with Crippen molar-refractivity contribution in [3.63, 3.8) is 0 Å². The quantitative estimate of drug-likeness (QED) is 0.830. The number of hydrogen-bond acceptors (Lipinski definition) is 2. The van der Waals surface area contributed by atoms with Crippen LogP contribution in [-0.2, 0) is 0 Å². The van der Waals surface area contributed by atoms with Crippen molar-refractivity contribution in [2.45, 2.75) is 38.8 Å². The zero-order chi connectivity index (χ0) is 12.2. The molecule has 2 nitrogen and oxygen atoms in total. The molecular weight excluding hydrogens is 234 g/mol. The Labute approximate surface area is 110 Å². The van der Waals surface area contributed by atoms with Crippen LogP contribution in [0, 0.1) is 0 Å². The lowest BCUT2D eigenvalue weighted by molar-refractivity contribution is 0.131. The van der Waals surface area contributed by atoms with Gasteiger partial charge < -0.3 is 10.5 Å². The molecule has 0 amide bonds. The summed E-state index contributed by atoms with van der Waals surface area (Å²) in [4.78, 5) is 0. The van der Waals surface area contributed by atoms with E-state index in [4.69, 9.17) is 10.5 Å². The van der Waals surface area contributed by atoms with Gasteiger partial charge in [0.05, 0.1) is 0 Å². The van der Waals surface area contributed by atoms with Crippen LogP contribution in [0.25, 0.3) is 0 Å². The molecule has 0 heterocycles. The van der Waals surface area contributed by atoms with Gasteiger partial charge in [0, 0.05) is 6.04 Å². The molecular formula is C14H22ClNO. The second-order valence-electron chi connectivity index (χ2n) is 4.91. The molecule has 2 N–H and O–H groups in total. The molecule has 3 heteroatoms. The highest BCUT2D eigenvalue weighted by molar-refractivity contribution is 5.85. The maximum atomic E-state index is 5.97. The monoisotopic (exact) mass is 255 g/mol. The van der Waals surface area contributed by atoms with Crippen molar-refractivity contribution in [1.29, 1.82) is 0 Å². The number of ether oxygens (including phenoxy) is 1. The highest BCUT2D eigenvalue weighted by Gasteiger charge is 2.11. The van der Waals surface area contributed by atoms with Crippen LogP contribution in [-0.4, -0.2) is 5.60 Å². The Morgan fingerprint density at radius 3 is 2.24 bits per heavy atom. The summed E-state index contributed by atoms with van der Waals surface area (Å²) < 4.78 is 5.74. The Balaban J connectivity index is 0.00000256. The first-order valence-corrected chi connectivity index (χ1v) is 5.58. The minimum atomic E-state index is -0.162. The van der Waals surface area contributed by atoms with E-state index in [0.29, 0.717) is 0 Å². The average Bonchev–Trinajstić information content (AvgIpc) is 2.16. The summed E-state index contributed by atoms with van der Waals surface area (Å²) in [7, 11) is 0. The van der Waals surface area contributed by atoms with E-state index >= 15 is 0 Å². The minimum Gasteiger partial charge on any atom is -0.488 e. The summed E-state index contributed by atoms with van der Waals surface area (Å²) in [5, 5.41) is 0. The van der Waals surface area contributed by atoms with Crippen molar-refractivity contribution >= 4 is 12.4 Å².